The summed E-state index contributed by atoms with van der Waals surface area (Å²) in [6.45, 7) is 9.74. The lowest BCUT2D eigenvalue weighted by Gasteiger charge is -2.41. The average molecular weight is 184 g/mol. The van der Waals surface area contributed by atoms with Crippen LogP contribution in [0.15, 0.2) is 0 Å². The van der Waals surface area contributed by atoms with Crippen molar-refractivity contribution in [1.29, 1.82) is 0 Å². The maximum Gasteiger partial charge on any atom is 0.226 e. The van der Waals surface area contributed by atoms with Crippen LogP contribution in [0.5, 0.6) is 0 Å². The molecule has 2 N–H and O–H groups in total. The third-order valence-corrected chi connectivity index (χ3v) is 2.89. The first kappa shape index (κ1) is 10.5. The van der Waals surface area contributed by atoms with E-state index in [4.69, 9.17) is 5.73 Å². The molecule has 0 spiro atoms. The average Bonchev–Trinajstić information content (AvgIpc) is 1.94. The number of carbonyl (C=O) groups excluding carboxylic acids is 1. The highest BCUT2D eigenvalue weighted by molar-refractivity contribution is 5.80. The van der Waals surface area contributed by atoms with Gasteiger partial charge in [0.1, 0.15) is 0 Å². The van der Waals surface area contributed by atoms with Gasteiger partial charge in [0, 0.05) is 25.0 Å². The van der Waals surface area contributed by atoms with Crippen molar-refractivity contribution >= 4 is 5.91 Å². The molecule has 3 nitrogen and oxygen atoms in total. The summed E-state index contributed by atoms with van der Waals surface area (Å²) in [5.41, 5.74) is 5.67. The van der Waals surface area contributed by atoms with Gasteiger partial charge in [-0.05, 0) is 5.41 Å². The molecule has 3 heteroatoms. The number of hydrogen-bond acceptors (Lipinski definition) is 2. The van der Waals surface area contributed by atoms with Crippen molar-refractivity contribution in [2.75, 3.05) is 13.1 Å². The molecule has 0 aromatic heterocycles. The third-order valence-electron chi connectivity index (χ3n) is 2.89. The highest BCUT2D eigenvalue weighted by Gasteiger charge is 2.35. The van der Waals surface area contributed by atoms with Gasteiger partial charge in [-0.15, -0.1) is 0 Å². The van der Waals surface area contributed by atoms with Gasteiger partial charge in [-0.25, -0.2) is 0 Å². The second-order valence-corrected chi connectivity index (χ2v) is 5.09. The van der Waals surface area contributed by atoms with E-state index in [0.29, 0.717) is 0 Å². The van der Waals surface area contributed by atoms with Gasteiger partial charge in [0.25, 0.3) is 0 Å². The Morgan fingerprint density at radius 2 is 1.92 bits per heavy atom. The minimum Gasteiger partial charge on any atom is -0.339 e. The molecule has 0 bridgehead atoms. The maximum absolute atomic E-state index is 11.8. The predicted molar refractivity (Wildman–Crippen MR) is 53.2 cm³/mol. The van der Waals surface area contributed by atoms with Gasteiger partial charge < -0.3 is 10.6 Å². The molecule has 13 heavy (non-hydrogen) atoms. The molecule has 1 saturated heterocycles. The Bertz CT molecular complexity index is 201. The molecular formula is C10H20N2O. The van der Waals surface area contributed by atoms with Crippen LogP contribution in [0.25, 0.3) is 0 Å². The molecular weight excluding hydrogens is 164 g/mol. The van der Waals surface area contributed by atoms with E-state index in [9.17, 15) is 4.79 Å². The van der Waals surface area contributed by atoms with Gasteiger partial charge in [-0.2, -0.15) is 0 Å². The monoisotopic (exact) mass is 184 g/mol. The van der Waals surface area contributed by atoms with Crippen molar-refractivity contribution in [3.63, 3.8) is 0 Å². The number of carbonyl (C=O) groups is 1. The van der Waals surface area contributed by atoms with E-state index in [1.54, 1.807) is 0 Å². The first-order chi connectivity index (χ1) is 5.82. The topological polar surface area (TPSA) is 46.3 Å². The molecule has 1 aliphatic rings. The largest absolute Gasteiger partial charge is 0.339 e. The lowest BCUT2D eigenvalue weighted by molar-refractivity contribution is -0.142. The van der Waals surface area contributed by atoms with E-state index in [2.05, 4.69) is 20.8 Å². The van der Waals surface area contributed by atoms with Crippen LogP contribution in [0.1, 0.15) is 27.7 Å². The predicted octanol–water partition coefficient (Wildman–Crippen LogP) is 0.838. The summed E-state index contributed by atoms with van der Waals surface area (Å²) in [5.74, 6) is 0.328. The molecule has 1 aliphatic heterocycles. The van der Waals surface area contributed by atoms with E-state index in [-0.39, 0.29) is 23.3 Å². The minimum absolute atomic E-state index is 0.0523. The summed E-state index contributed by atoms with van der Waals surface area (Å²) in [6.07, 6.45) is 0. The molecule has 76 valence electrons. The van der Waals surface area contributed by atoms with Crippen molar-refractivity contribution in [3.05, 3.63) is 0 Å². The van der Waals surface area contributed by atoms with Crippen LogP contribution < -0.4 is 5.73 Å². The van der Waals surface area contributed by atoms with Gasteiger partial charge in [0.15, 0.2) is 0 Å². The second-order valence-electron chi connectivity index (χ2n) is 5.09. The molecule has 0 aromatic rings. The normalized spacial score (nSPS) is 21.2. The zero-order valence-corrected chi connectivity index (χ0v) is 9.00. The molecule has 1 rings (SSSR count). The Morgan fingerprint density at radius 1 is 1.46 bits per heavy atom. The second kappa shape index (κ2) is 3.29. The van der Waals surface area contributed by atoms with E-state index < -0.39 is 0 Å². The molecule has 1 fully saturated rings. The fourth-order valence-electron chi connectivity index (χ4n) is 1.34. The summed E-state index contributed by atoms with van der Waals surface area (Å²) in [7, 11) is 0. The van der Waals surface area contributed by atoms with E-state index in [1.807, 2.05) is 11.8 Å². The standard InChI is InChI=1S/C10H20N2O/c1-7(10(2,3)4)9(13)12-5-8(11)6-12/h7-8H,5-6,11H2,1-4H3. The zero-order valence-electron chi connectivity index (χ0n) is 9.00. The van der Waals surface area contributed by atoms with Crippen LogP contribution in [0.3, 0.4) is 0 Å². The van der Waals surface area contributed by atoms with Crippen LogP contribution in [0, 0.1) is 11.3 Å². The number of likely N-dealkylation sites (tertiary alicyclic amines) is 1. The molecule has 1 atom stereocenters. The lowest BCUT2D eigenvalue weighted by Crippen LogP contribution is -2.59. The molecule has 0 radical (unpaired) electrons. The molecule has 0 aromatic carbocycles. The van der Waals surface area contributed by atoms with Crippen LogP contribution in [-0.4, -0.2) is 29.9 Å². The fourth-order valence-corrected chi connectivity index (χ4v) is 1.34. The highest BCUT2D eigenvalue weighted by atomic mass is 16.2. The third kappa shape index (κ3) is 2.21. The molecule has 1 amide bonds. The lowest BCUT2D eigenvalue weighted by atomic mass is 9.80. The summed E-state index contributed by atoms with van der Waals surface area (Å²) < 4.78 is 0. The molecule has 1 heterocycles. The smallest absolute Gasteiger partial charge is 0.226 e. The summed E-state index contributed by atoms with van der Waals surface area (Å²) >= 11 is 0. The van der Waals surface area contributed by atoms with Crippen LogP contribution in [0.2, 0.25) is 0 Å². The van der Waals surface area contributed by atoms with Gasteiger partial charge in [0.05, 0.1) is 0 Å². The maximum atomic E-state index is 11.8. The first-order valence-electron chi connectivity index (χ1n) is 4.86. The molecule has 1 unspecified atom stereocenters. The summed E-state index contributed by atoms with van der Waals surface area (Å²) in [4.78, 5) is 13.6. The van der Waals surface area contributed by atoms with Gasteiger partial charge in [-0.3, -0.25) is 4.79 Å². The van der Waals surface area contributed by atoms with E-state index in [0.717, 1.165) is 13.1 Å². The van der Waals surface area contributed by atoms with Crippen LogP contribution in [0.4, 0.5) is 0 Å². The SMILES string of the molecule is CC(C(=O)N1CC(N)C1)C(C)(C)C. The minimum atomic E-state index is 0.0523. The van der Waals surface area contributed by atoms with Crippen molar-refractivity contribution in [3.8, 4) is 0 Å². The van der Waals surface area contributed by atoms with E-state index in [1.165, 1.54) is 0 Å². The number of nitrogens with two attached hydrogens (primary N) is 1. The quantitative estimate of drug-likeness (QED) is 0.656. The molecule has 0 saturated carbocycles. The Labute approximate surface area is 80.3 Å². The van der Waals surface area contributed by atoms with Crippen molar-refractivity contribution in [2.24, 2.45) is 17.1 Å². The zero-order chi connectivity index (χ0) is 10.2. The number of rotatable bonds is 1. The number of nitrogens with zero attached hydrogens (tertiary/aromatic N) is 1. The van der Waals surface area contributed by atoms with Gasteiger partial charge in [-0.1, -0.05) is 27.7 Å². The van der Waals surface area contributed by atoms with Gasteiger partial charge in [0.2, 0.25) is 5.91 Å². The first-order valence-corrected chi connectivity index (χ1v) is 4.86. The Kier molecular flexibility index (Phi) is 2.66. The van der Waals surface area contributed by atoms with Crippen molar-refractivity contribution in [1.82, 2.24) is 4.90 Å². The van der Waals surface area contributed by atoms with E-state index >= 15 is 0 Å². The Hall–Kier alpha value is -0.570. The van der Waals surface area contributed by atoms with Crippen LogP contribution in [-0.2, 0) is 4.79 Å². The number of amides is 1. The highest BCUT2D eigenvalue weighted by Crippen LogP contribution is 2.28. The Morgan fingerprint density at radius 3 is 2.23 bits per heavy atom. The van der Waals surface area contributed by atoms with Crippen LogP contribution >= 0.6 is 0 Å². The molecule has 0 aliphatic carbocycles. The van der Waals surface area contributed by atoms with Crippen molar-refractivity contribution < 1.29 is 4.79 Å². The number of hydrogen-bond donors (Lipinski definition) is 1. The fraction of sp³-hybridized carbons (Fsp3) is 0.900. The summed E-state index contributed by atoms with van der Waals surface area (Å²) in [5, 5.41) is 0. The van der Waals surface area contributed by atoms with Crippen molar-refractivity contribution in [2.45, 2.75) is 33.7 Å². The Balaban J connectivity index is 2.49. The van der Waals surface area contributed by atoms with Gasteiger partial charge >= 0.3 is 0 Å². The summed E-state index contributed by atoms with van der Waals surface area (Å²) in [6, 6.07) is 0.205.